The molecule has 0 amide bonds. The van der Waals surface area contributed by atoms with Gasteiger partial charge in [0.2, 0.25) is 10.0 Å². The highest BCUT2D eigenvalue weighted by molar-refractivity contribution is 7.91. The van der Waals surface area contributed by atoms with Crippen molar-refractivity contribution in [3.05, 3.63) is 83.0 Å². The summed E-state index contributed by atoms with van der Waals surface area (Å²) in [5, 5.41) is 1.75. The summed E-state index contributed by atoms with van der Waals surface area (Å²) in [6.07, 6.45) is 0. The molecule has 138 valence electrons. The molecule has 0 aliphatic heterocycles. The minimum Gasteiger partial charge on any atom is -0.322 e. The molecule has 0 unspecified atom stereocenters. The lowest BCUT2D eigenvalue weighted by atomic mass is 10.1. The molecule has 0 spiro atoms. The van der Waals surface area contributed by atoms with E-state index >= 15 is 0 Å². The third-order valence-electron chi connectivity index (χ3n) is 4.38. The van der Waals surface area contributed by atoms with Crippen molar-refractivity contribution in [2.45, 2.75) is 24.2 Å². The van der Waals surface area contributed by atoms with Crippen LogP contribution in [0.2, 0.25) is 0 Å². The number of aryl methyl sites for hydroxylation is 1. The van der Waals surface area contributed by atoms with Gasteiger partial charge in [-0.3, -0.25) is 0 Å². The second-order valence-electron chi connectivity index (χ2n) is 6.35. The van der Waals surface area contributed by atoms with Crippen molar-refractivity contribution in [1.82, 2.24) is 14.3 Å². The number of hydrogen-bond acceptors (Lipinski definition) is 4. The monoisotopic (exact) mass is 397 g/mol. The number of nitrogens with one attached hydrogen (secondary N) is 1. The molecule has 0 atom stereocenters. The van der Waals surface area contributed by atoms with Crippen molar-refractivity contribution in [3.8, 4) is 0 Å². The van der Waals surface area contributed by atoms with E-state index in [4.69, 9.17) is 0 Å². The summed E-state index contributed by atoms with van der Waals surface area (Å²) < 4.78 is 30.0. The highest BCUT2D eigenvalue weighted by Gasteiger charge is 2.17. The molecule has 5 nitrogen and oxygen atoms in total. The number of nitrogens with zero attached hydrogens (tertiary/aromatic N) is 2. The number of rotatable bonds is 6. The van der Waals surface area contributed by atoms with E-state index in [1.54, 1.807) is 17.5 Å². The topological polar surface area (TPSA) is 64.0 Å². The fourth-order valence-corrected chi connectivity index (χ4v) is 4.98. The highest BCUT2D eigenvalue weighted by Crippen LogP contribution is 2.20. The number of imidazole rings is 1. The Morgan fingerprint density at radius 2 is 1.81 bits per heavy atom. The first kappa shape index (κ1) is 17.9. The van der Waals surface area contributed by atoms with Crippen molar-refractivity contribution in [2.24, 2.45) is 0 Å². The summed E-state index contributed by atoms with van der Waals surface area (Å²) in [5.41, 5.74) is 4.20. The smallest absolute Gasteiger partial charge is 0.250 e. The van der Waals surface area contributed by atoms with Crippen LogP contribution in [0.15, 0.2) is 70.3 Å². The Kier molecular flexibility index (Phi) is 4.82. The first-order valence-electron chi connectivity index (χ1n) is 8.56. The van der Waals surface area contributed by atoms with Gasteiger partial charge in [0.05, 0.1) is 17.6 Å². The summed E-state index contributed by atoms with van der Waals surface area (Å²) in [6, 6.07) is 19.5. The summed E-state index contributed by atoms with van der Waals surface area (Å²) in [4.78, 5) is 4.65. The number of benzene rings is 2. The molecule has 0 aliphatic carbocycles. The fourth-order valence-electron chi connectivity index (χ4n) is 2.96. The van der Waals surface area contributed by atoms with Gasteiger partial charge in [-0.05, 0) is 36.1 Å². The van der Waals surface area contributed by atoms with Gasteiger partial charge < -0.3 is 4.57 Å². The first-order chi connectivity index (χ1) is 13.0. The van der Waals surface area contributed by atoms with E-state index in [0.29, 0.717) is 16.6 Å². The summed E-state index contributed by atoms with van der Waals surface area (Å²) >= 11 is 1.20. The van der Waals surface area contributed by atoms with E-state index in [2.05, 4.69) is 45.5 Å². The van der Waals surface area contributed by atoms with Crippen LogP contribution in [0.3, 0.4) is 0 Å². The minimum absolute atomic E-state index is 0.140. The lowest BCUT2D eigenvalue weighted by Gasteiger charge is -2.11. The van der Waals surface area contributed by atoms with Crippen molar-refractivity contribution in [1.29, 1.82) is 0 Å². The van der Waals surface area contributed by atoms with Crippen LogP contribution in [0, 0.1) is 6.92 Å². The Balaban J connectivity index is 1.66. The molecule has 0 saturated carbocycles. The summed E-state index contributed by atoms with van der Waals surface area (Å²) in [5.74, 6) is 0.692. The van der Waals surface area contributed by atoms with E-state index in [1.807, 2.05) is 24.3 Å². The van der Waals surface area contributed by atoms with E-state index in [1.165, 1.54) is 16.9 Å². The first-order valence-corrected chi connectivity index (χ1v) is 10.9. The fraction of sp³-hybridized carbons (Fsp3) is 0.150. The van der Waals surface area contributed by atoms with E-state index in [-0.39, 0.29) is 6.54 Å². The summed E-state index contributed by atoms with van der Waals surface area (Å²) in [6.45, 7) is 2.83. The third kappa shape index (κ3) is 3.80. The van der Waals surface area contributed by atoms with E-state index in [0.717, 1.165) is 16.6 Å². The van der Waals surface area contributed by atoms with Gasteiger partial charge in [-0.2, -0.15) is 0 Å². The van der Waals surface area contributed by atoms with E-state index < -0.39 is 10.0 Å². The molecule has 2 heterocycles. The van der Waals surface area contributed by atoms with Crippen LogP contribution >= 0.6 is 11.3 Å². The van der Waals surface area contributed by atoms with Gasteiger partial charge in [0.1, 0.15) is 10.0 Å². The van der Waals surface area contributed by atoms with Gasteiger partial charge in [0.25, 0.3) is 0 Å². The summed E-state index contributed by atoms with van der Waals surface area (Å²) in [7, 11) is -3.53. The molecule has 0 saturated heterocycles. The van der Waals surface area contributed by atoms with Crippen LogP contribution in [-0.4, -0.2) is 18.0 Å². The van der Waals surface area contributed by atoms with Crippen molar-refractivity contribution < 1.29 is 8.42 Å². The van der Waals surface area contributed by atoms with Crippen molar-refractivity contribution >= 4 is 32.4 Å². The van der Waals surface area contributed by atoms with Gasteiger partial charge in [0, 0.05) is 6.54 Å². The Hall–Kier alpha value is -2.48. The van der Waals surface area contributed by atoms with Gasteiger partial charge in [-0.1, -0.05) is 48.0 Å². The Labute approximate surface area is 162 Å². The third-order valence-corrected chi connectivity index (χ3v) is 7.17. The average molecular weight is 398 g/mol. The second kappa shape index (κ2) is 7.26. The Morgan fingerprint density at radius 1 is 1.04 bits per heavy atom. The number of sulfonamides is 1. The van der Waals surface area contributed by atoms with Crippen molar-refractivity contribution in [3.63, 3.8) is 0 Å². The Morgan fingerprint density at radius 3 is 2.56 bits per heavy atom. The number of thiophene rings is 1. The van der Waals surface area contributed by atoms with Gasteiger partial charge >= 0.3 is 0 Å². The maximum Gasteiger partial charge on any atom is 0.250 e. The van der Waals surface area contributed by atoms with Crippen LogP contribution in [0.4, 0.5) is 0 Å². The van der Waals surface area contributed by atoms with Gasteiger partial charge in [-0.15, -0.1) is 11.3 Å². The zero-order valence-corrected chi connectivity index (χ0v) is 16.4. The molecule has 7 heteroatoms. The number of aromatic nitrogens is 2. The molecule has 4 rings (SSSR count). The number of hydrogen-bond donors (Lipinski definition) is 1. The molecule has 1 N–H and O–H groups in total. The van der Waals surface area contributed by atoms with Gasteiger partial charge in [0.15, 0.2) is 0 Å². The number of fused-ring (bicyclic) bond motifs is 1. The molecular weight excluding hydrogens is 378 g/mol. The lowest BCUT2D eigenvalue weighted by molar-refractivity contribution is 0.579. The minimum atomic E-state index is -3.53. The molecule has 27 heavy (non-hydrogen) atoms. The van der Waals surface area contributed by atoms with Crippen molar-refractivity contribution in [2.75, 3.05) is 0 Å². The predicted molar refractivity (Wildman–Crippen MR) is 108 cm³/mol. The quantitative estimate of drug-likeness (QED) is 0.536. The van der Waals surface area contributed by atoms with Crippen LogP contribution in [0.25, 0.3) is 11.0 Å². The van der Waals surface area contributed by atoms with E-state index in [9.17, 15) is 8.42 Å². The number of para-hydroxylation sites is 2. The second-order valence-corrected chi connectivity index (χ2v) is 9.29. The maximum atomic E-state index is 12.5. The normalized spacial score (nSPS) is 11.9. The molecule has 2 aromatic heterocycles. The predicted octanol–water partition coefficient (Wildman–Crippen LogP) is 3.93. The van der Waals surface area contributed by atoms with Crippen LogP contribution in [0.5, 0.6) is 0 Å². The van der Waals surface area contributed by atoms with Crippen LogP contribution < -0.4 is 4.72 Å². The largest absolute Gasteiger partial charge is 0.322 e. The SMILES string of the molecule is Cc1ccc(Cn2c(CNS(=O)(=O)c3cccs3)nc3ccccc32)cc1. The Bertz CT molecular complexity index is 1160. The van der Waals surface area contributed by atoms with Gasteiger partial charge in [-0.25, -0.2) is 18.1 Å². The van der Waals surface area contributed by atoms with Crippen LogP contribution in [-0.2, 0) is 23.1 Å². The standard InChI is InChI=1S/C20H19N3O2S2/c1-15-8-10-16(11-9-15)14-23-18-6-3-2-5-17(18)22-19(23)13-21-27(24,25)20-7-4-12-26-20/h2-12,21H,13-14H2,1H3. The molecular formula is C20H19N3O2S2. The molecule has 0 radical (unpaired) electrons. The molecule has 0 fully saturated rings. The molecule has 2 aromatic carbocycles. The van der Waals surface area contributed by atoms with Crippen LogP contribution in [0.1, 0.15) is 17.0 Å². The lowest BCUT2D eigenvalue weighted by Crippen LogP contribution is -2.24. The zero-order valence-electron chi connectivity index (χ0n) is 14.8. The molecule has 4 aromatic rings. The average Bonchev–Trinajstić information content (AvgIpc) is 3.31. The molecule has 0 bridgehead atoms. The highest BCUT2D eigenvalue weighted by atomic mass is 32.2. The maximum absolute atomic E-state index is 12.5. The molecule has 0 aliphatic rings. The zero-order chi connectivity index (χ0) is 18.9.